The largest absolute Gasteiger partial charge is 0.0885 e. The van der Waals surface area contributed by atoms with E-state index < -0.39 is 0 Å². The van der Waals surface area contributed by atoms with Crippen molar-refractivity contribution in [3.63, 3.8) is 0 Å². The molecule has 0 N–H and O–H groups in total. The van der Waals surface area contributed by atoms with E-state index in [-0.39, 0.29) is 5.41 Å². The topological polar surface area (TPSA) is 0 Å². The average Bonchev–Trinajstić information content (AvgIpc) is 2.76. The summed E-state index contributed by atoms with van der Waals surface area (Å²) in [4.78, 5) is 0. The molecule has 1 aromatic carbocycles. The molecule has 0 nitrogen and oxygen atoms in total. The smallest absolute Gasteiger partial charge is 0.0118 e. The number of allylic oxidation sites excluding steroid dienone is 6. The quantitative estimate of drug-likeness (QED) is 0.370. The third kappa shape index (κ3) is 2.24. The lowest BCUT2D eigenvalue weighted by Gasteiger charge is -2.26. The highest BCUT2D eigenvalue weighted by Gasteiger charge is 2.42. The molecule has 0 aromatic heterocycles. The van der Waals surface area contributed by atoms with Crippen molar-refractivity contribution in [3.05, 3.63) is 68.3 Å². The van der Waals surface area contributed by atoms with E-state index in [0.29, 0.717) is 5.92 Å². The third-order valence-corrected chi connectivity index (χ3v) is 6.56. The van der Waals surface area contributed by atoms with Gasteiger partial charge >= 0.3 is 0 Å². The molecular weight excluding hydrogens is 379 g/mol. The molecule has 0 heterocycles. The fraction of sp³-hybridized carbons (Fsp3) is 0.429. The number of benzene rings is 1. The fourth-order valence-corrected chi connectivity index (χ4v) is 5.09. The number of hydrogen-bond acceptors (Lipinski definition) is 0. The van der Waals surface area contributed by atoms with E-state index in [1.165, 1.54) is 29.3 Å². The number of fused-ring (bicyclic) bond motifs is 3. The van der Waals surface area contributed by atoms with Crippen molar-refractivity contribution in [2.24, 2.45) is 0 Å². The predicted molar refractivity (Wildman–Crippen MR) is 103 cm³/mol. The average molecular weight is 402 g/mol. The van der Waals surface area contributed by atoms with Crippen LogP contribution in [0.1, 0.15) is 68.1 Å². The van der Waals surface area contributed by atoms with Gasteiger partial charge in [0, 0.05) is 14.9 Å². The first-order valence-electron chi connectivity index (χ1n) is 8.44. The summed E-state index contributed by atoms with van der Waals surface area (Å²) in [6.07, 6.45) is 14.4. The molecule has 0 aliphatic heterocycles. The van der Waals surface area contributed by atoms with Crippen molar-refractivity contribution < 1.29 is 0 Å². The molecule has 114 valence electrons. The van der Waals surface area contributed by atoms with Gasteiger partial charge in [-0.25, -0.2) is 0 Å². The van der Waals surface area contributed by atoms with Crippen LogP contribution in [-0.2, 0) is 5.41 Å². The minimum Gasteiger partial charge on any atom is -0.0885 e. The Balaban J connectivity index is 1.78. The zero-order chi connectivity index (χ0) is 15.3. The molecule has 22 heavy (non-hydrogen) atoms. The first-order valence-corrected chi connectivity index (χ1v) is 9.52. The lowest BCUT2D eigenvalue weighted by molar-refractivity contribution is 0.601. The maximum absolute atomic E-state index is 2.53. The minimum absolute atomic E-state index is 0.186. The summed E-state index contributed by atoms with van der Waals surface area (Å²) in [5.41, 5.74) is 6.51. The molecular formula is C21H23I. The third-order valence-electron chi connectivity index (χ3n) is 5.81. The predicted octanol–water partition coefficient (Wildman–Crippen LogP) is 6.53. The maximum Gasteiger partial charge on any atom is 0.0118 e. The van der Waals surface area contributed by atoms with E-state index in [0.717, 1.165) is 5.92 Å². The van der Waals surface area contributed by atoms with Gasteiger partial charge in [-0.3, -0.25) is 0 Å². The number of halogens is 1. The van der Waals surface area contributed by atoms with E-state index in [2.05, 4.69) is 78.9 Å². The second-order valence-corrected chi connectivity index (χ2v) is 8.68. The van der Waals surface area contributed by atoms with Gasteiger partial charge < -0.3 is 0 Å². The van der Waals surface area contributed by atoms with Crippen LogP contribution >= 0.6 is 22.6 Å². The Kier molecular flexibility index (Phi) is 3.60. The molecule has 0 saturated heterocycles. The Labute approximate surface area is 147 Å². The van der Waals surface area contributed by atoms with Crippen molar-refractivity contribution in [1.82, 2.24) is 0 Å². The molecule has 3 aliphatic carbocycles. The molecule has 1 heteroatoms. The highest BCUT2D eigenvalue weighted by atomic mass is 127. The molecule has 0 fully saturated rings. The summed E-state index contributed by atoms with van der Waals surface area (Å²) in [6, 6.07) is 7.37. The molecule has 4 rings (SSSR count). The lowest BCUT2D eigenvalue weighted by Crippen LogP contribution is -2.18. The van der Waals surface area contributed by atoms with Crippen molar-refractivity contribution in [2.75, 3.05) is 0 Å². The van der Waals surface area contributed by atoms with Gasteiger partial charge in [-0.05, 0) is 77.0 Å². The molecule has 0 radical (unpaired) electrons. The number of rotatable bonds is 1. The first-order chi connectivity index (χ1) is 10.6. The maximum atomic E-state index is 2.53. The summed E-state index contributed by atoms with van der Waals surface area (Å²) < 4.78 is 1.40. The van der Waals surface area contributed by atoms with E-state index in [1.807, 2.05) is 0 Å². The standard InChI is InChI=1S/C21H23I/c1-21(2)19-12-15(14-6-4-3-5-7-14)8-10-17(19)18-11-9-16(22)13-20(18)21/h3-4,8-10,12-14,18H,5-7,11H2,1-2H3/t14?,18-/m1/s1. The molecule has 0 bridgehead atoms. The minimum atomic E-state index is 0.186. The fourth-order valence-electron chi connectivity index (χ4n) is 4.50. The van der Waals surface area contributed by atoms with Crippen molar-refractivity contribution in [3.8, 4) is 0 Å². The van der Waals surface area contributed by atoms with Gasteiger partial charge in [-0.2, -0.15) is 0 Å². The van der Waals surface area contributed by atoms with Crippen molar-refractivity contribution in [1.29, 1.82) is 0 Å². The summed E-state index contributed by atoms with van der Waals surface area (Å²) in [5, 5.41) is 0. The monoisotopic (exact) mass is 402 g/mol. The highest BCUT2D eigenvalue weighted by molar-refractivity contribution is 14.1. The summed E-state index contributed by atoms with van der Waals surface area (Å²) in [6.45, 7) is 4.83. The van der Waals surface area contributed by atoms with Crippen molar-refractivity contribution >= 4 is 22.6 Å². The van der Waals surface area contributed by atoms with Crippen LogP contribution in [0.3, 0.4) is 0 Å². The Hall–Kier alpha value is -0.830. The highest BCUT2D eigenvalue weighted by Crippen LogP contribution is 2.54. The Morgan fingerprint density at radius 3 is 2.77 bits per heavy atom. The zero-order valence-electron chi connectivity index (χ0n) is 13.4. The van der Waals surface area contributed by atoms with Gasteiger partial charge in [0.2, 0.25) is 0 Å². The number of hydrogen-bond donors (Lipinski definition) is 0. The van der Waals surface area contributed by atoms with Gasteiger partial charge in [-0.1, -0.05) is 55.8 Å². The van der Waals surface area contributed by atoms with Crippen LogP contribution in [0.2, 0.25) is 0 Å². The van der Waals surface area contributed by atoms with Crippen LogP contribution in [0.5, 0.6) is 0 Å². The lowest BCUT2D eigenvalue weighted by atomic mass is 9.78. The molecule has 0 spiro atoms. The van der Waals surface area contributed by atoms with Crippen molar-refractivity contribution in [2.45, 2.75) is 56.8 Å². The summed E-state index contributed by atoms with van der Waals surface area (Å²) in [7, 11) is 0. The Morgan fingerprint density at radius 1 is 1.14 bits per heavy atom. The molecule has 1 aromatic rings. The molecule has 0 saturated carbocycles. The summed E-state index contributed by atoms with van der Waals surface area (Å²) in [5.74, 6) is 1.34. The van der Waals surface area contributed by atoms with Crippen LogP contribution in [0.25, 0.3) is 0 Å². The van der Waals surface area contributed by atoms with Crippen LogP contribution < -0.4 is 0 Å². The molecule has 0 amide bonds. The van der Waals surface area contributed by atoms with E-state index >= 15 is 0 Å². The molecule has 2 atom stereocenters. The molecule has 1 unspecified atom stereocenters. The van der Waals surface area contributed by atoms with Gasteiger partial charge in [0.05, 0.1) is 0 Å². The van der Waals surface area contributed by atoms with E-state index in [4.69, 9.17) is 0 Å². The van der Waals surface area contributed by atoms with Gasteiger partial charge in [0.1, 0.15) is 0 Å². The van der Waals surface area contributed by atoms with E-state index in [9.17, 15) is 0 Å². The van der Waals surface area contributed by atoms with Crippen LogP contribution in [0.4, 0.5) is 0 Å². The second-order valence-electron chi connectivity index (χ2n) is 7.43. The van der Waals surface area contributed by atoms with Crippen LogP contribution in [0, 0.1) is 0 Å². The SMILES string of the molecule is CC1(C)C2=CC(I)=CC[C@@H]2c2ccc(C3CC=CCC3)cc21. The van der Waals surface area contributed by atoms with E-state index in [1.54, 1.807) is 22.3 Å². The Morgan fingerprint density at radius 2 is 2.00 bits per heavy atom. The molecule has 3 aliphatic rings. The summed E-state index contributed by atoms with van der Waals surface area (Å²) >= 11 is 2.47. The van der Waals surface area contributed by atoms with Crippen LogP contribution in [-0.4, -0.2) is 0 Å². The Bertz CT molecular complexity index is 703. The zero-order valence-corrected chi connectivity index (χ0v) is 15.6. The first kappa shape index (κ1) is 14.7. The van der Waals surface area contributed by atoms with Crippen LogP contribution in [0.15, 0.2) is 51.7 Å². The second kappa shape index (κ2) is 5.36. The van der Waals surface area contributed by atoms with Gasteiger partial charge in [0.15, 0.2) is 0 Å². The van der Waals surface area contributed by atoms with Gasteiger partial charge in [-0.15, -0.1) is 0 Å². The normalized spacial score (nSPS) is 28.7. The van der Waals surface area contributed by atoms with Gasteiger partial charge in [0.25, 0.3) is 0 Å².